The number of hydrogen-bond acceptors (Lipinski definition) is 12. The van der Waals surface area contributed by atoms with Crippen LogP contribution in [0.5, 0.6) is 0 Å². The number of carbonyl (C=O) groups excluding carboxylic acids is 4. The van der Waals surface area contributed by atoms with Crippen molar-refractivity contribution in [1.29, 1.82) is 0 Å². The Morgan fingerprint density at radius 1 is 1.00 bits per heavy atom. The van der Waals surface area contributed by atoms with Gasteiger partial charge in [-0.05, 0) is 79.3 Å². The van der Waals surface area contributed by atoms with Crippen LogP contribution in [-0.2, 0) is 38.1 Å². The molecule has 13 nitrogen and oxygen atoms in total. The third-order valence-corrected chi connectivity index (χ3v) is 11.9. The predicted molar refractivity (Wildman–Crippen MR) is 206 cm³/mol. The molecule has 5 rings (SSSR count). The van der Waals surface area contributed by atoms with Crippen LogP contribution >= 0.6 is 0 Å². The molecule has 0 bridgehead atoms. The number of aliphatic hydroxyl groups excluding tert-OH is 1. The van der Waals surface area contributed by atoms with Gasteiger partial charge in [0.1, 0.15) is 23.9 Å². The van der Waals surface area contributed by atoms with Gasteiger partial charge in [0.15, 0.2) is 17.7 Å². The summed E-state index contributed by atoms with van der Waals surface area (Å²) in [6.07, 6.45) is -0.733. The number of aliphatic hydroxyl groups is 1. The Bertz CT molecular complexity index is 1750. The van der Waals surface area contributed by atoms with Crippen molar-refractivity contribution in [2.24, 2.45) is 23.7 Å². The number of alkyl carbamates (subject to hydrolysis) is 1. The number of fused-ring (bicyclic) bond motifs is 2. The summed E-state index contributed by atoms with van der Waals surface area (Å²) in [7, 11) is 3.74. The van der Waals surface area contributed by atoms with E-state index in [1.807, 2.05) is 74.5 Å². The smallest absolute Gasteiger partial charge is 0.408 e. The number of amides is 1. The van der Waals surface area contributed by atoms with E-state index in [9.17, 15) is 24.3 Å². The molecule has 0 unspecified atom stereocenters. The van der Waals surface area contributed by atoms with E-state index in [0.717, 1.165) is 16.6 Å². The fraction of sp³-hybridized carbons (Fsp3) is 0.643. The molecule has 2 aromatic rings. The Morgan fingerprint density at radius 2 is 1.71 bits per heavy atom. The van der Waals surface area contributed by atoms with Crippen LogP contribution < -0.4 is 5.32 Å². The second-order valence-electron chi connectivity index (χ2n) is 16.3. The summed E-state index contributed by atoms with van der Waals surface area (Å²) in [6.45, 7) is 13.8. The maximum atomic E-state index is 14.4. The Labute approximate surface area is 324 Å². The lowest BCUT2D eigenvalue weighted by Crippen LogP contribution is -2.60. The highest BCUT2D eigenvalue weighted by atomic mass is 16.7. The summed E-state index contributed by atoms with van der Waals surface area (Å²) < 4.78 is 31.4. The van der Waals surface area contributed by atoms with E-state index < -0.39 is 83.4 Å². The van der Waals surface area contributed by atoms with E-state index >= 15 is 0 Å². The molecule has 3 fully saturated rings. The molecule has 0 spiro atoms. The minimum absolute atomic E-state index is 0.0490. The highest BCUT2D eigenvalue weighted by Gasteiger charge is 2.57. The number of pyridine rings is 1. The summed E-state index contributed by atoms with van der Waals surface area (Å²) in [5, 5.41) is 15.4. The number of cyclic esters (lactones) is 1. The highest BCUT2D eigenvalue weighted by molar-refractivity contribution is 6.00. The van der Waals surface area contributed by atoms with E-state index in [4.69, 9.17) is 28.7 Å². The molecule has 2 N–H and O–H groups in total. The van der Waals surface area contributed by atoms with Crippen LogP contribution in [0.25, 0.3) is 17.0 Å². The minimum Gasteiger partial charge on any atom is -0.458 e. The van der Waals surface area contributed by atoms with Crippen molar-refractivity contribution >= 4 is 40.6 Å². The lowest BCUT2D eigenvalue weighted by Gasteiger charge is -2.47. The lowest BCUT2D eigenvalue weighted by atomic mass is 9.73. The van der Waals surface area contributed by atoms with Crippen LogP contribution in [0, 0.1) is 23.7 Å². The number of ether oxygens (including phenoxy) is 5. The zero-order chi connectivity index (χ0) is 40.4. The standard InChI is InChI=1S/C42H59N3O10/c1-11-32-42(8)36(44-40(50)55-42)25(4)33(46)23(2)22-41(7,51-20-14-16-29-19-18-28-15-12-13-17-30(28)43-29)37(26(5)34(47)27(6)38(49)53-32)54-39-35(48)31(45(9)10)21-24(3)52-39/h12-19,23-27,31-32,35-37,39,48H,11,20-22H2,1-10H3,(H,44,50)/b16-14+/t23-,24-,25+,26+,27-,31+,32-,35-,36-,37-,39+,41-,42-/m1/s1. The molecule has 3 saturated heterocycles. The molecule has 4 heterocycles. The maximum Gasteiger partial charge on any atom is 0.408 e. The number of rotatable bonds is 8. The second kappa shape index (κ2) is 17.2. The van der Waals surface area contributed by atoms with Crippen LogP contribution in [0.2, 0.25) is 0 Å². The number of benzene rings is 1. The van der Waals surface area contributed by atoms with Gasteiger partial charge in [-0.2, -0.15) is 0 Å². The van der Waals surface area contributed by atoms with Crippen molar-refractivity contribution in [3.8, 4) is 0 Å². The second-order valence-corrected chi connectivity index (χ2v) is 16.3. The molecule has 13 heteroatoms. The maximum absolute atomic E-state index is 14.4. The SMILES string of the molecule is CC[C@H]1OC(=O)[C@H](C)C(=O)[C@H](C)[C@@H](O[C@@H]2O[C@H](C)C[C@H](N(C)C)[C@H]2O)[C@](C)(OC/C=C/c2ccc3ccccc3n2)C[C@@H](C)C(=O)[C@H](C)[C@H]2NC(=O)O[C@@]21C. The normalized spacial score (nSPS) is 38.1. The molecule has 0 aliphatic carbocycles. The predicted octanol–water partition coefficient (Wildman–Crippen LogP) is 5.11. The third-order valence-electron chi connectivity index (χ3n) is 11.9. The van der Waals surface area contributed by atoms with E-state index in [1.165, 1.54) is 6.92 Å². The van der Waals surface area contributed by atoms with E-state index in [1.54, 1.807) is 41.5 Å². The van der Waals surface area contributed by atoms with Crippen molar-refractivity contribution in [2.75, 3.05) is 20.7 Å². The van der Waals surface area contributed by atoms with Crippen molar-refractivity contribution < 1.29 is 48.0 Å². The largest absolute Gasteiger partial charge is 0.458 e. The summed E-state index contributed by atoms with van der Waals surface area (Å²) in [6, 6.07) is 10.6. The number of carbonyl (C=O) groups is 4. The molecule has 302 valence electrons. The van der Waals surface area contributed by atoms with Crippen LogP contribution in [0.3, 0.4) is 0 Å². The first-order valence-electron chi connectivity index (χ1n) is 19.5. The van der Waals surface area contributed by atoms with Crippen LogP contribution in [0.4, 0.5) is 4.79 Å². The number of nitrogens with one attached hydrogen (secondary N) is 1. The average molecular weight is 766 g/mol. The Morgan fingerprint density at radius 3 is 2.40 bits per heavy atom. The van der Waals surface area contributed by atoms with Gasteiger partial charge in [-0.25, -0.2) is 9.78 Å². The number of Topliss-reactive ketones (excluding diaryl/α,β-unsaturated/α-hetero) is 2. The molecule has 13 atom stereocenters. The molecule has 3 aliphatic rings. The zero-order valence-electron chi connectivity index (χ0n) is 33.8. The minimum atomic E-state index is -1.38. The summed E-state index contributed by atoms with van der Waals surface area (Å²) in [5.41, 5.74) is -1.17. The Balaban J connectivity index is 1.56. The van der Waals surface area contributed by atoms with Crippen LogP contribution in [-0.4, -0.2) is 113 Å². The van der Waals surface area contributed by atoms with Gasteiger partial charge < -0.3 is 39.0 Å². The first kappa shape index (κ1) is 42.4. The highest BCUT2D eigenvalue weighted by Crippen LogP contribution is 2.40. The molecular weight excluding hydrogens is 706 g/mol. The summed E-state index contributed by atoms with van der Waals surface area (Å²) in [4.78, 5) is 62.0. The first-order valence-corrected chi connectivity index (χ1v) is 19.5. The Kier molecular flexibility index (Phi) is 13.2. The van der Waals surface area contributed by atoms with Crippen LogP contribution in [0.1, 0.15) is 80.3 Å². The first-order chi connectivity index (χ1) is 25.9. The van der Waals surface area contributed by atoms with E-state index in [0.29, 0.717) is 6.42 Å². The molecular formula is C42H59N3O10. The molecule has 1 amide bonds. The monoisotopic (exact) mass is 765 g/mol. The quantitative estimate of drug-likeness (QED) is 0.270. The molecule has 3 aliphatic heterocycles. The van der Waals surface area contributed by atoms with Crippen molar-refractivity contribution in [3.63, 3.8) is 0 Å². The van der Waals surface area contributed by atoms with Gasteiger partial charge >= 0.3 is 12.1 Å². The van der Waals surface area contributed by atoms with Gasteiger partial charge in [0.2, 0.25) is 0 Å². The van der Waals surface area contributed by atoms with Gasteiger partial charge in [0.25, 0.3) is 0 Å². The van der Waals surface area contributed by atoms with Gasteiger partial charge in [-0.15, -0.1) is 0 Å². The fourth-order valence-corrected chi connectivity index (χ4v) is 8.71. The van der Waals surface area contributed by atoms with Crippen molar-refractivity contribution in [3.05, 3.63) is 48.2 Å². The number of nitrogens with zero attached hydrogens (tertiary/aromatic N) is 2. The number of esters is 1. The average Bonchev–Trinajstić information content (AvgIpc) is 3.47. The number of ketones is 2. The molecule has 55 heavy (non-hydrogen) atoms. The topological polar surface area (TPSA) is 163 Å². The molecule has 0 saturated carbocycles. The van der Waals surface area contributed by atoms with Gasteiger partial charge in [-0.1, -0.05) is 58.0 Å². The number of hydrogen-bond donors (Lipinski definition) is 2. The number of aromatic nitrogens is 1. The number of likely N-dealkylation sites (N-methyl/N-ethyl adjacent to an activating group) is 1. The number of para-hydroxylation sites is 1. The summed E-state index contributed by atoms with van der Waals surface area (Å²) in [5.74, 6) is -5.13. The zero-order valence-corrected chi connectivity index (χ0v) is 33.8. The van der Waals surface area contributed by atoms with Crippen molar-refractivity contribution in [2.45, 2.75) is 129 Å². The molecule has 0 radical (unpaired) electrons. The Hall–Kier alpha value is -3.75. The molecule has 1 aromatic heterocycles. The van der Waals surface area contributed by atoms with Gasteiger partial charge in [-0.3, -0.25) is 14.4 Å². The van der Waals surface area contributed by atoms with E-state index in [-0.39, 0.29) is 37.4 Å². The lowest BCUT2D eigenvalue weighted by molar-refractivity contribution is -0.296. The van der Waals surface area contributed by atoms with E-state index in [2.05, 4.69) is 5.32 Å². The van der Waals surface area contributed by atoms with Gasteiger partial charge in [0, 0.05) is 29.2 Å². The summed E-state index contributed by atoms with van der Waals surface area (Å²) >= 11 is 0. The molecule has 1 aromatic carbocycles. The fourth-order valence-electron chi connectivity index (χ4n) is 8.71. The van der Waals surface area contributed by atoms with Crippen molar-refractivity contribution in [1.82, 2.24) is 15.2 Å². The van der Waals surface area contributed by atoms with Crippen LogP contribution in [0.15, 0.2) is 42.5 Å². The van der Waals surface area contributed by atoms with Gasteiger partial charge in [0.05, 0.1) is 41.7 Å². The third kappa shape index (κ3) is 8.96.